The lowest BCUT2D eigenvalue weighted by atomic mass is 10.1. The third-order valence-corrected chi connectivity index (χ3v) is 2.75. The van der Waals surface area contributed by atoms with E-state index >= 15 is 0 Å². The summed E-state index contributed by atoms with van der Waals surface area (Å²) in [5.74, 6) is 0. The zero-order chi connectivity index (χ0) is 11.4. The van der Waals surface area contributed by atoms with Gasteiger partial charge in [0.1, 0.15) is 0 Å². The monoisotopic (exact) mass is 269 g/mol. The molecule has 2 nitrogen and oxygen atoms in total. The van der Waals surface area contributed by atoms with Gasteiger partial charge in [0.15, 0.2) is 0 Å². The topological polar surface area (TPSA) is 23.5 Å². The van der Waals surface area contributed by atoms with Gasteiger partial charge in [-0.25, -0.2) is 0 Å². The molecule has 0 bridgehead atoms. The van der Waals surface area contributed by atoms with E-state index in [0.29, 0.717) is 0 Å². The maximum Gasteiger partial charge on any atom is 0.0782 e. The average Bonchev–Trinajstić information content (AvgIpc) is 2.17. The number of aliphatic hydroxyl groups is 1. The van der Waals surface area contributed by atoms with Gasteiger partial charge in [-0.15, -0.1) is 6.58 Å². The first-order valence-corrected chi connectivity index (χ1v) is 5.65. The van der Waals surface area contributed by atoms with Crippen LogP contribution in [-0.2, 0) is 0 Å². The Hall–Kier alpha value is -0.800. The molecule has 0 aliphatic heterocycles. The molecule has 0 fully saturated rings. The van der Waals surface area contributed by atoms with Gasteiger partial charge < -0.3 is 10.0 Å². The van der Waals surface area contributed by atoms with Crippen LogP contribution in [0.2, 0.25) is 0 Å². The number of benzene rings is 1. The van der Waals surface area contributed by atoms with Gasteiger partial charge in [-0.2, -0.15) is 0 Å². The zero-order valence-electron chi connectivity index (χ0n) is 9.07. The predicted octanol–water partition coefficient (Wildman–Crippen LogP) is 3.12. The molecule has 0 aromatic heterocycles. The number of anilines is 1. The van der Waals surface area contributed by atoms with Crippen molar-refractivity contribution in [2.45, 2.75) is 13.0 Å². The molecule has 1 atom stereocenters. The van der Waals surface area contributed by atoms with Crippen LogP contribution in [0.5, 0.6) is 0 Å². The van der Waals surface area contributed by atoms with Crippen molar-refractivity contribution in [3.05, 3.63) is 40.9 Å². The van der Waals surface area contributed by atoms with Gasteiger partial charge in [0, 0.05) is 29.3 Å². The number of rotatable bonds is 4. The maximum absolute atomic E-state index is 9.64. The fraction of sp³-hybridized carbons (Fsp3) is 0.333. The minimum Gasteiger partial charge on any atom is -0.389 e. The highest BCUT2D eigenvalue weighted by molar-refractivity contribution is 9.10. The van der Waals surface area contributed by atoms with Crippen LogP contribution in [0.3, 0.4) is 0 Å². The van der Waals surface area contributed by atoms with Gasteiger partial charge in [0.05, 0.1) is 6.10 Å². The van der Waals surface area contributed by atoms with E-state index in [4.69, 9.17) is 0 Å². The lowest BCUT2D eigenvalue weighted by Gasteiger charge is -2.22. The highest BCUT2D eigenvalue weighted by Gasteiger charge is 2.11. The van der Waals surface area contributed by atoms with Gasteiger partial charge in [-0.05, 0) is 19.1 Å². The van der Waals surface area contributed by atoms with Crippen molar-refractivity contribution in [2.24, 2.45) is 0 Å². The van der Waals surface area contributed by atoms with Crippen LogP contribution < -0.4 is 4.90 Å². The van der Waals surface area contributed by atoms with Crippen molar-refractivity contribution in [1.29, 1.82) is 0 Å². The summed E-state index contributed by atoms with van der Waals surface area (Å²) < 4.78 is 1.01. The van der Waals surface area contributed by atoms with E-state index in [0.717, 1.165) is 22.3 Å². The molecule has 1 rings (SSSR count). The molecular weight excluding hydrogens is 254 g/mol. The van der Waals surface area contributed by atoms with E-state index in [-0.39, 0.29) is 0 Å². The van der Waals surface area contributed by atoms with Crippen molar-refractivity contribution >= 4 is 21.6 Å². The molecule has 15 heavy (non-hydrogen) atoms. The van der Waals surface area contributed by atoms with E-state index in [1.807, 2.05) is 31.3 Å². The Kier molecular flexibility index (Phi) is 4.36. The molecule has 0 aliphatic rings. The van der Waals surface area contributed by atoms with Crippen LogP contribution in [0.4, 0.5) is 5.69 Å². The molecule has 0 spiro atoms. The fourth-order valence-corrected chi connectivity index (χ4v) is 1.84. The van der Waals surface area contributed by atoms with Crippen LogP contribution in [0.25, 0.3) is 0 Å². The molecule has 1 N–H and O–H groups in total. The Bertz CT molecular complexity index is 349. The Morgan fingerprint density at radius 3 is 2.80 bits per heavy atom. The molecule has 82 valence electrons. The normalized spacial score (nSPS) is 12.3. The largest absolute Gasteiger partial charge is 0.389 e. The van der Waals surface area contributed by atoms with E-state index in [9.17, 15) is 5.11 Å². The summed E-state index contributed by atoms with van der Waals surface area (Å²) in [4.78, 5) is 2.06. The smallest absolute Gasteiger partial charge is 0.0782 e. The summed E-state index contributed by atoms with van der Waals surface area (Å²) in [7, 11) is 1.98. The SMILES string of the molecule is C=CCN(C)c1cc(Br)ccc1C(C)O. The predicted molar refractivity (Wildman–Crippen MR) is 68.2 cm³/mol. The number of nitrogens with zero attached hydrogens (tertiary/aromatic N) is 1. The highest BCUT2D eigenvalue weighted by atomic mass is 79.9. The van der Waals surface area contributed by atoms with Crippen molar-refractivity contribution in [3.63, 3.8) is 0 Å². The molecule has 0 amide bonds. The van der Waals surface area contributed by atoms with Crippen LogP contribution in [-0.4, -0.2) is 18.7 Å². The molecule has 0 aliphatic carbocycles. The lowest BCUT2D eigenvalue weighted by molar-refractivity contribution is 0.199. The molecule has 0 saturated heterocycles. The van der Waals surface area contributed by atoms with E-state index in [1.165, 1.54) is 0 Å². The number of likely N-dealkylation sites (N-methyl/N-ethyl adjacent to an activating group) is 1. The summed E-state index contributed by atoms with van der Waals surface area (Å²) >= 11 is 3.43. The molecule has 1 aromatic rings. The van der Waals surface area contributed by atoms with Crippen molar-refractivity contribution in [1.82, 2.24) is 0 Å². The average molecular weight is 270 g/mol. The van der Waals surface area contributed by atoms with E-state index in [2.05, 4.69) is 27.4 Å². The Balaban J connectivity index is 3.11. The second-order valence-electron chi connectivity index (χ2n) is 3.55. The second-order valence-corrected chi connectivity index (χ2v) is 4.46. The molecule has 0 radical (unpaired) electrons. The lowest BCUT2D eigenvalue weighted by Crippen LogP contribution is -2.18. The fourth-order valence-electron chi connectivity index (χ4n) is 1.49. The molecule has 0 saturated carbocycles. The number of hydrogen-bond donors (Lipinski definition) is 1. The Morgan fingerprint density at radius 2 is 2.27 bits per heavy atom. The summed E-state index contributed by atoms with van der Waals surface area (Å²) in [5.41, 5.74) is 1.96. The van der Waals surface area contributed by atoms with Gasteiger partial charge in [0.2, 0.25) is 0 Å². The van der Waals surface area contributed by atoms with E-state index < -0.39 is 6.10 Å². The summed E-state index contributed by atoms with van der Waals surface area (Å²) in [6, 6.07) is 5.88. The third-order valence-electron chi connectivity index (χ3n) is 2.26. The first-order valence-electron chi connectivity index (χ1n) is 4.85. The molecule has 1 unspecified atom stereocenters. The Morgan fingerprint density at radius 1 is 1.60 bits per heavy atom. The van der Waals surface area contributed by atoms with Gasteiger partial charge in [-0.1, -0.05) is 28.1 Å². The number of hydrogen-bond acceptors (Lipinski definition) is 2. The summed E-state index contributed by atoms with van der Waals surface area (Å²) in [5, 5.41) is 9.64. The minimum absolute atomic E-state index is 0.458. The zero-order valence-corrected chi connectivity index (χ0v) is 10.7. The molecule has 0 heterocycles. The van der Waals surface area contributed by atoms with E-state index in [1.54, 1.807) is 6.92 Å². The number of aliphatic hydroxyl groups excluding tert-OH is 1. The first-order chi connectivity index (χ1) is 7.06. The summed E-state index contributed by atoms with van der Waals surface area (Å²) in [6.45, 7) is 6.24. The standard InChI is InChI=1S/C12H16BrNO/c1-4-7-14(3)12-8-10(13)5-6-11(12)9(2)15/h4-6,8-9,15H,1,7H2,2-3H3. The van der Waals surface area contributed by atoms with Crippen molar-refractivity contribution < 1.29 is 5.11 Å². The van der Waals surface area contributed by atoms with Gasteiger partial charge in [-0.3, -0.25) is 0 Å². The van der Waals surface area contributed by atoms with Crippen LogP contribution in [0, 0.1) is 0 Å². The quantitative estimate of drug-likeness (QED) is 0.850. The third kappa shape index (κ3) is 3.08. The first kappa shape index (κ1) is 12.3. The number of halogens is 1. The van der Waals surface area contributed by atoms with Crippen LogP contribution in [0.1, 0.15) is 18.6 Å². The molecule has 1 aromatic carbocycles. The van der Waals surface area contributed by atoms with Crippen LogP contribution in [0.15, 0.2) is 35.3 Å². The minimum atomic E-state index is -0.458. The van der Waals surface area contributed by atoms with Crippen LogP contribution >= 0.6 is 15.9 Å². The maximum atomic E-state index is 9.64. The Labute approximate surface area is 99.4 Å². The molecular formula is C12H16BrNO. The highest BCUT2D eigenvalue weighted by Crippen LogP contribution is 2.28. The van der Waals surface area contributed by atoms with Gasteiger partial charge >= 0.3 is 0 Å². The van der Waals surface area contributed by atoms with Crippen molar-refractivity contribution in [3.8, 4) is 0 Å². The molecule has 3 heteroatoms. The summed E-state index contributed by atoms with van der Waals surface area (Å²) in [6.07, 6.45) is 1.38. The second kappa shape index (κ2) is 5.33. The van der Waals surface area contributed by atoms with Gasteiger partial charge in [0.25, 0.3) is 0 Å². The van der Waals surface area contributed by atoms with Crippen molar-refractivity contribution in [2.75, 3.05) is 18.5 Å².